The SMILES string of the molecule is Cc1c(N)cc(S(=O)(=O)NCC2(O)CCOC2C)cc1Cl. The number of halogens is 1. The van der Waals surface area contributed by atoms with Gasteiger partial charge in [0.05, 0.1) is 11.0 Å². The Labute approximate surface area is 129 Å². The van der Waals surface area contributed by atoms with Gasteiger partial charge in [-0.1, -0.05) is 11.6 Å². The number of rotatable bonds is 4. The van der Waals surface area contributed by atoms with Gasteiger partial charge in [0.1, 0.15) is 5.60 Å². The minimum absolute atomic E-state index is 0.0224. The van der Waals surface area contributed by atoms with Crippen molar-refractivity contribution in [3.8, 4) is 0 Å². The van der Waals surface area contributed by atoms with Gasteiger partial charge in [0.25, 0.3) is 0 Å². The highest BCUT2D eigenvalue weighted by Gasteiger charge is 2.40. The summed E-state index contributed by atoms with van der Waals surface area (Å²) in [6.07, 6.45) is -0.0418. The second kappa shape index (κ2) is 5.73. The van der Waals surface area contributed by atoms with Crippen LogP contribution < -0.4 is 10.5 Å². The fourth-order valence-electron chi connectivity index (χ4n) is 2.14. The lowest BCUT2D eigenvalue weighted by atomic mass is 9.97. The van der Waals surface area contributed by atoms with Crippen LogP contribution in [-0.4, -0.2) is 38.4 Å². The van der Waals surface area contributed by atoms with Gasteiger partial charge in [-0.15, -0.1) is 0 Å². The molecule has 0 saturated carbocycles. The lowest BCUT2D eigenvalue weighted by Gasteiger charge is -2.26. The molecule has 1 aromatic rings. The smallest absolute Gasteiger partial charge is 0.240 e. The summed E-state index contributed by atoms with van der Waals surface area (Å²) in [5.41, 5.74) is 5.47. The van der Waals surface area contributed by atoms with Crippen LogP contribution in [0.25, 0.3) is 0 Å². The number of nitrogen functional groups attached to an aromatic ring is 1. The Kier molecular flexibility index (Phi) is 4.51. The van der Waals surface area contributed by atoms with E-state index >= 15 is 0 Å². The number of hydrogen-bond donors (Lipinski definition) is 3. The first-order valence-corrected chi connectivity index (χ1v) is 8.41. The van der Waals surface area contributed by atoms with Crippen molar-refractivity contribution in [1.82, 2.24) is 4.72 Å². The fraction of sp³-hybridized carbons (Fsp3) is 0.538. The molecule has 6 nitrogen and oxygen atoms in total. The third-order valence-electron chi connectivity index (χ3n) is 3.90. The van der Waals surface area contributed by atoms with Gasteiger partial charge < -0.3 is 15.6 Å². The molecular weight excluding hydrogens is 316 g/mol. The number of nitrogens with one attached hydrogen (secondary N) is 1. The summed E-state index contributed by atoms with van der Waals surface area (Å²) in [5, 5.41) is 10.6. The minimum Gasteiger partial charge on any atom is -0.398 e. The Morgan fingerprint density at radius 2 is 2.24 bits per heavy atom. The van der Waals surface area contributed by atoms with E-state index < -0.39 is 21.7 Å². The average Bonchev–Trinajstić information content (AvgIpc) is 2.74. The third kappa shape index (κ3) is 3.32. The van der Waals surface area contributed by atoms with E-state index in [0.29, 0.717) is 24.3 Å². The Hall–Kier alpha value is -0.860. The van der Waals surface area contributed by atoms with Crippen LogP contribution >= 0.6 is 11.6 Å². The van der Waals surface area contributed by atoms with Crippen LogP contribution in [0.5, 0.6) is 0 Å². The molecule has 1 aliphatic heterocycles. The van der Waals surface area contributed by atoms with Gasteiger partial charge in [0.15, 0.2) is 0 Å². The summed E-state index contributed by atoms with van der Waals surface area (Å²) in [6, 6.07) is 2.69. The standard InChI is InChI=1S/C13H19ClN2O4S/c1-8-11(14)5-10(6-12(8)15)21(18,19)16-7-13(17)3-4-20-9(13)2/h5-6,9,16-17H,3-4,7,15H2,1-2H3. The van der Waals surface area contributed by atoms with Crippen LogP contribution in [0.15, 0.2) is 17.0 Å². The number of aliphatic hydroxyl groups is 1. The molecule has 0 spiro atoms. The molecule has 0 bridgehead atoms. The van der Waals surface area contributed by atoms with Gasteiger partial charge in [-0.05, 0) is 31.5 Å². The van der Waals surface area contributed by atoms with E-state index in [0.717, 1.165) is 0 Å². The lowest BCUT2D eigenvalue weighted by Crippen LogP contribution is -2.47. The van der Waals surface area contributed by atoms with Crippen molar-refractivity contribution in [2.24, 2.45) is 0 Å². The van der Waals surface area contributed by atoms with Crippen molar-refractivity contribution < 1.29 is 18.3 Å². The molecule has 4 N–H and O–H groups in total. The molecule has 1 aliphatic rings. The first kappa shape index (κ1) is 16.5. The Bertz CT molecular complexity index is 627. The normalized spacial score (nSPS) is 26.2. The first-order valence-electron chi connectivity index (χ1n) is 6.55. The highest BCUT2D eigenvalue weighted by molar-refractivity contribution is 7.89. The van der Waals surface area contributed by atoms with Crippen LogP contribution in [0.2, 0.25) is 5.02 Å². The number of benzene rings is 1. The highest BCUT2D eigenvalue weighted by Crippen LogP contribution is 2.28. The summed E-state index contributed by atoms with van der Waals surface area (Å²) in [7, 11) is -3.80. The van der Waals surface area contributed by atoms with Crippen molar-refractivity contribution in [1.29, 1.82) is 0 Å². The summed E-state index contributed by atoms with van der Waals surface area (Å²) in [4.78, 5) is -0.0224. The number of ether oxygens (including phenoxy) is 1. The highest BCUT2D eigenvalue weighted by atomic mass is 35.5. The van der Waals surface area contributed by atoms with Crippen molar-refractivity contribution in [3.05, 3.63) is 22.7 Å². The molecule has 2 rings (SSSR count). The monoisotopic (exact) mass is 334 g/mol. The molecule has 1 heterocycles. The molecule has 2 atom stereocenters. The first-order chi connectivity index (χ1) is 9.66. The maximum absolute atomic E-state index is 12.3. The molecule has 8 heteroatoms. The van der Waals surface area contributed by atoms with Gasteiger partial charge in [0.2, 0.25) is 10.0 Å². The molecule has 2 unspecified atom stereocenters. The molecule has 118 valence electrons. The zero-order valence-electron chi connectivity index (χ0n) is 11.9. The van der Waals surface area contributed by atoms with Gasteiger partial charge in [-0.3, -0.25) is 0 Å². The molecule has 21 heavy (non-hydrogen) atoms. The lowest BCUT2D eigenvalue weighted by molar-refractivity contribution is -0.0228. The van der Waals surface area contributed by atoms with Crippen LogP contribution in [0.1, 0.15) is 18.9 Å². The van der Waals surface area contributed by atoms with Gasteiger partial charge >= 0.3 is 0 Å². The fourth-order valence-corrected chi connectivity index (χ4v) is 3.59. The summed E-state index contributed by atoms with van der Waals surface area (Å²) in [5.74, 6) is 0. The molecule has 0 aliphatic carbocycles. The number of sulfonamides is 1. The largest absolute Gasteiger partial charge is 0.398 e. The van der Waals surface area contributed by atoms with E-state index in [4.69, 9.17) is 22.1 Å². The van der Waals surface area contributed by atoms with Gasteiger partial charge in [0, 0.05) is 30.3 Å². The molecule has 1 fully saturated rings. The zero-order chi connectivity index (χ0) is 15.8. The Morgan fingerprint density at radius 3 is 2.76 bits per heavy atom. The van der Waals surface area contributed by atoms with E-state index in [1.165, 1.54) is 12.1 Å². The van der Waals surface area contributed by atoms with E-state index in [1.807, 2.05) is 0 Å². The van der Waals surface area contributed by atoms with E-state index in [2.05, 4.69) is 4.72 Å². The Balaban J connectivity index is 2.19. The molecule has 0 radical (unpaired) electrons. The number of nitrogens with two attached hydrogens (primary N) is 1. The van der Waals surface area contributed by atoms with Crippen molar-refractivity contribution in [2.75, 3.05) is 18.9 Å². The molecule has 1 saturated heterocycles. The van der Waals surface area contributed by atoms with Gasteiger partial charge in [-0.25, -0.2) is 13.1 Å². The molecule has 0 amide bonds. The number of anilines is 1. The van der Waals surface area contributed by atoms with Crippen LogP contribution in [0.4, 0.5) is 5.69 Å². The molecule has 1 aromatic carbocycles. The zero-order valence-corrected chi connectivity index (χ0v) is 13.5. The molecular formula is C13H19ClN2O4S. The van der Waals surface area contributed by atoms with Gasteiger partial charge in [-0.2, -0.15) is 0 Å². The number of hydrogen-bond acceptors (Lipinski definition) is 5. The average molecular weight is 335 g/mol. The third-order valence-corrected chi connectivity index (χ3v) is 5.67. The van der Waals surface area contributed by atoms with E-state index in [1.54, 1.807) is 13.8 Å². The van der Waals surface area contributed by atoms with Crippen molar-refractivity contribution >= 4 is 27.3 Å². The summed E-state index contributed by atoms with van der Waals surface area (Å²) < 4.78 is 32.2. The topological polar surface area (TPSA) is 102 Å². The molecule has 0 aromatic heterocycles. The van der Waals surface area contributed by atoms with Crippen LogP contribution in [-0.2, 0) is 14.8 Å². The maximum atomic E-state index is 12.3. The summed E-state index contributed by atoms with van der Waals surface area (Å²) >= 11 is 5.96. The predicted molar refractivity (Wildman–Crippen MR) is 80.8 cm³/mol. The van der Waals surface area contributed by atoms with Crippen molar-refractivity contribution in [3.63, 3.8) is 0 Å². The minimum atomic E-state index is -3.80. The second-order valence-electron chi connectivity index (χ2n) is 5.31. The van der Waals surface area contributed by atoms with Crippen LogP contribution in [0, 0.1) is 6.92 Å². The van der Waals surface area contributed by atoms with Crippen molar-refractivity contribution in [2.45, 2.75) is 36.9 Å². The quantitative estimate of drug-likeness (QED) is 0.714. The summed E-state index contributed by atoms with van der Waals surface area (Å²) in [6.45, 7) is 3.70. The Morgan fingerprint density at radius 1 is 1.57 bits per heavy atom. The van der Waals surface area contributed by atoms with Crippen LogP contribution in [0.3, 0.4) is 0 Å². The van der Waals surface area contributed by atoms with E-state index in [9.17, 15) is 13.5 Å². The van der Waals surface area contributed by atoms with E-state index in [-0.39, 0.29) is 16.5 Å². The second-order valence-corrected chi connectivity index (χ2v) is 7.48. The maximum Gasteiger partial charge on any atom is 0.240 e. The predicted octanol–water partition coefficient (Wildman–Crippen LogP) is 1.05.